The highest BCUT2D eigenvalue weighted by atomic mass is 79.9. The van der Waals surface area contributed by atoms with Gasteiger partial charge >= 0.3 is 0 Å². The van der Waals surface area contributed by atoms with E-state index >= 15 is 0 Å². The standard InChI is InChI=1S/C13H19BrFNS/c1-3-8-16-12(9-17-4-2)10-6-5-7-11(14)13(10)15/h5-7,12,16H,3-4,8-9H2,1-2H3. The van der Waals surface area contributed by atoms with Crippen LogP contribution in [-0.2, 0) is 0 Å². The fourth-order valence-corrected chi connectivity index (χ4v) is 2.75. The van der Waals surface area contributed by atoms with E-state index in [1.54, 1.807) is 6.07 Å². The molecule has 4 heteroatoms. The minimum atomic E-state index is -0.141. The molecule has 0 fully saturated rings. The summed E-state index contributed by atoms with van der Waals surface area (Å²) in [5.74, 6) is 1.82. The normalized spacial score (nSPS) is 12.7. The zero-order chi connectivity index (χ0) is 12.7. The summed E-state index contributed by atoms with van der Waals surface area (Å²) in [7, 11) is 0. The Labute approximate surface area is 116 Å². The fraction of sp³-hybridized carbons (Fsp3) is 0.538. The van der Waals surface area contributed by atoms with E-state index in [9.17, 15) is 4.39 Å². The number of nitrogens with one attached hydrogen (secondary N) is 1. The van der Waals surface area contributed by atoms with Crippen LogP contribution in [-0.4, -0.2) is 18.1 Å². The molecule has 0 radical (unpaired) electrons. The predicted molar refractivity (Wildman–Crippen MR) is 78.1 cm³/mol. The summed E-state index contributed by atoms with van der Waals surface area (Å²) in [4.78, 5) is 0. The molecule has 0 saturated heterocycles. The topological polar surface area (TPSA) is 12.0 Å². The van der Waals surface area contributed by atoms with E-state index in [1.165, 1.54) is 0 Å². The molecular formula is C13H19BrFNS. The van der Waals surface area contributed by atoms with Crippen LogP contribution in [0.1, 0.15) is 31.9 Å². The molecule has 0 aromatic heterocycles. The van der Waals surface area contributed by atoms with E-state index in [1.807, 2.05) is 23.9 Å². The molecule has 96 valence electrons. The smallest absolute Gasteiger partial charge is 0.142 e. The van der Waals surface area contributed by atoms with Gasteiger partial charge in [0.2, 0.25) is 0 Å². The van der Waals surface area contributed by atoms with Crippen molar-refractivity contribution in [1.29, 1.82) is 0 Å². The summed E-state index contributed by atoms with van der Waals surface area (Å²) >= 11 is 5.07. The molecular weight excluding hydrogens is 301 g/mol. The molecule has 0 spiro atoms. The van der Waals surface area contributed by atoms with E-state index < -0.39 is 0 Å². The quantitative estimate of drug-likeness (QED) is 0.800. The summed E-state index contributed by atoms with van der Waals surface area (Å²) < 4.78 is 14.6. The van der Waals surface area contributed by atoms with E-state index in [4.69, 9.17) is 0 Å². The Morgan fingerprint density at radius 3 is 2.82 bits per heavy atom. The Balaban J connectivity index is 2.83. The van der Waals surface area contributed by atoms with Crippen LogP contribution < -0.4 is 5.32 Å². The zero-order valence-electron chi connectivity index (χ0n) is 10.3. The lowest BCUT2D eigenvalue weighted by Gasteiger charge is -2.19. The largest absolute Gasteiger partial charge is 0.309 e. The van der Waals surface area contributed by atoms with Gasteiger partial charge < -0.3 is 5.32 Å². The van der Waals surface area contributed by atoms with E-state index in [0.29, 0.717) is 4.47 Å². The van der Waals surface area contributed by atoms with Crippen molar-refractivity contribution in [2.24, 2.45) is 0 Å². The van der Waals surface area contributed by atoms with Gasteiger partial charge in [-0.05, 0) is 40.7 Å². The maximum Gasteiger partial charge on any atom is 0.142 e. The molecule has 0 aliphatic heterocycles. The van der Waals surface area contributed by atoms with Crippen LogP contribution in [0.3, 0.4) is 0 Å². The molecule has 1 nitrogen and oxygen atoms in total. The van der Waals surface area contributed by atoms with Crippen LogP contribution in [0.25, 0.3) is 0 Å². The molecule has 0 saturated carbocycles. The molecule has 1 aromatic carbocycles. The van der Waals surface area contributed by atoms with Crippen LogP contribution in [0.4, 0.5) is 4.39 Å². The van der Waals surface area contributed by atoms with Crippen LogP contribution in [0, 0.1) is 5.82 Å². The van der Waals surface area contributed by atoms with Crippen LogP contribution in [0.15, 0.2) is 22.7 Å². The maximum absolute atomic E-state index is 14.0. The monoisotopic (exact) mass is 319 g/mol. The minimum absolute atomic E-state index is 0.0948. The second kappa shape index (κ2) is 8.11. The molecule has 0 amide bonds. The van der Waals surface area contributed by atoms with Gasteiger partial charge in [-0.15, -0.1) is 0 Å². The van der Waals surface area contributed by atoms with Crippen molar-refractivity contribution >= 4 is 27.7 Å². The molecule has 1 atom stereocenters. The first-order valence-electron chi connectivity index (χ1n) is 5.95. The Morgan fingerprint density at radius 2 is 2.18 bits per heavy atom. The van der Waals surface area contributed by atoms with Crippen molar-refractivity contribution in [3.05, 3.63) is 34.1 Å². The first-order chi connectivity index (χ1) is 8.20. The Kier molecular flexibility index (Phi) is 7.16. The van der Waals surface area contributed by atoms with Gasteiger partial charge in [0.25, 0.3) is 0 Å². The number of rotatable bonds is 7. The van der Waals surface area contributed by atoms with Crippen LogP contribution >= 0.6 is 27.7 Å². The maximum atomic E-state index is 14.0. The number of hydrogen-bond acceptors (Lipinski definition) is 2. The summed E-state index contributed by atoms with van der Waals surface area (Å²) in [6.07, 6.45) is 1.06. The molecule has 1 N–H and O–H groups in total. The Hall–Kier alpha value is -0.0600. The molecule has 1 aromatic rings. The van der Waals surface area contributed by atoms with Crippen LogP contribution in [0.2, 0.25) is 0 Å². The van der Waals surface area contributed by atoms with Crippen molar-refractivity contribution in [1.82, 2.24) is 5.32 Å². The average molecular weight is 320 g/mol. The van der Waals surface area contributed by atoms with Crippen molar-refractivity contribution in [3.63, 3.8) is 0 Å². The van der Waals surface area contributed by atoms with Crippen molar-refractivity contribution in [2.45, 2.75) is 26.3 Å². The van der Waals surface area contributed by atoms with Crippen molar-refractivity contribution in [2.75, 3.05) is 18.1 Å². The minimum Gasteiger partial charge on any atom is -0.309 e. The highest BCUT2D eigenvalue weighted by Crippen LogP contribution is 2.26. The van der Waals surface area contributed by atoms with Gasteiger partial charge in [0.05, 0.1) is 4.47 Å². The average Bonchev–Trinajstić information content (AvgIpc) is 2.34. The molecule has 1 unspecified atom stereocenters. The first-order valence-corrected chi connectivity index (χ1v) is 7.90. The van der Waals surface area contributed by atoms with E-state index in [2.05, 4.69) is 35.1 Å². The third-order valence-electron chi connectivity index (χ3n) is 2.49. The summed E-state index contributed by atoms with van der Waals surface area (Å²) in [5, 5.41) is 3.41. The van der Waals surface area contributed by atoms with Crippen molar-refractivity contribution in [3.8, 4) is 0 Å². The fourth-order valence-electron chi connectivity index (χ4n) is 1.60. The lowest BCUT2D eigenvalue weighted by molar-refractivity contribution is 0.529. The van der Waals surface area contributed by atoms with Gasteiger partial charge in [0, 0.05) is 17.4 Å². The molecule has 0 heterocycles. The van der Waals surface area contributed by atoms with Gasteiger partial charge in [-0.25, -0.2) is 4.39 Å². The summed E-state index contributed by atoms with van der Waals surface area (Å²) in [6.45, 7) is 5.16. The summed E-state index contributed by atoms with van der Waals surface area (Å²) in [6, 6.07) is 5.59. The van der Waals surface area contributed by atoms with Crippen LogP contribution in [0.5, 0.6) is 0 Å². The number of halogens is 2. The molecule has 17 heavy (non-hydrogen) atoms. The first kappa shape index (κ1) is 15.0. The van der Waals surface area contributed by atoms with Gasteiger partial charge in [0.1, 0.15) is 5.82 Å². The third kappa shape index (κ3) is 4.60. The van der Waals surface area contributed by atoms with E-state index in [-0.39, 0.29) is 11.9 Å². The lowest BCUT2D eigenvalue weighted by atomic mass is 10.1. The van der Waals surface area contributed by atoms with Gasteiger partial charge in [-0.1, -0.05) is 26.0 Å². The second-order valence-electron chi connectivity index (χ2n) is 3.81. The molecule has 1 rings (SSSR count). The highest BCUT2D eigenvalue weighted by Gasteiger charge is 2.16. The Bertz CT molecular complexity index is 338. The number of benzene rings is 1. The number of thioether (sulfide) groups is 1. The highest BCUT2D eigenvalue weighted by molar-refractivity contribution is 9.10. The van der Waals surface area contributed by atoms with Crippen molar-refractivity contribution < 1.29 is 4.39 Å². The van der Waals surface area contributed by atoms with Gasteiger partial charge in [-0.3, -0.25) is 0 Å². The summed E-state index contributed by atoms with van der Waals surface area (Å²) in [5.41, 5.74) is 0.758. The van der Waals surface area contributed by atoms with E-state index in [0.717, 1.165) is 30.0 Å². The molecule has 0 aliphatic carbocycles. The molecule has 0 aliphatic rings. The molecule has 0 bridgehead atoms. The zero-order valence-corrected chi connectivity index (χ0v) is 12.7. The lowest BCUT2D eigenvalue weighted by Crippen LogP contribution is -2.25. The SMILES string of the molecule is CCCNC(CSCC)c1cccc(Br)c1F. The third-order valence-corrected chi connectivity index (χ3v) is 4.08. The predicted octanol–water partition coefficient (Wildman–Crippen LogP) is 4.38. The number of hydrogen-bond donors (Lipinski definition) is 1. The van der Waals surface area contributed by atoms with Gasteiger partial charge in [-0.2, -0.15) is 11.8 Å². The second-order valence-corrected chi connectivity index (χ2v) is 5.98. The Morgan fingerprint density at radius 1 is 1.41 bits per heavy atom. The van der Waals surface area contributed by atoms with Gasteiger partial charge in [0.15, 0.2) is 0 Å².